The lowest BCUT2D eigenvalue weighted by atomic mass is 10.1. The normalized spacial score (nSPS) is 14.0. The van der Waals surface area contributed by atoms with E-state index in [2.05, 4.69) is 52.7 Å². The number of benzene rings is 2. The fourth-order valence-corrected chi connectivity index (χ4v) is 3.20. The molecule has 0 spiro atoms. The summed E-state index contributed by atoms with van der Waals surface area (Å²) in [6, 6.07) is 18.8. The van der Waals surface area contributed by atoms with Gasteiger partial charge in [-0.3, -0.25) is 0 Å². The Bertz CT molecular complexity index is 751. The molecule has 0 radical (unpaired) electrons. The molecule has 2 aromatic carbocycles. The van der Waals surface area contributed by atoms with Crippen molar-refractivity contribution in [1.29, 1.82) is 5.26 Å². The molecule has 3 rings (SSSR count). The number of ether oxygens (including phenoxy) is 2. The van der Waals surface area contributed by atoms with Crippen LogP contribution >= 0.6 is 0 Å². The molecule has 1 aliphatic rings. The summed E-state index contributed by atoms with van der Waals surface area (Å²) in [5, 5.41) is 12.1. The summed E-state index contributed by atoms with van der Waals surface area (Å²) in [7, 11) is 0. The molecule has 1 fully saturated rings. The number of hydrogen-bond donors (Lipinski definition) is 1. The fraction of sp³-hybridized carbons (Fsp3) is 0.409. The largest absolute Gasteiger partial charge is 0.494 e. The Balaban J connectivity index is 1.52. The van der Waals surface area contributed by atoms with Gasteiger partial charge in [0.1, 0.15) is 5.75 Å². The van der Waals surface area contributed by atoms with Gasteiger partial charge in [0.05, 0.1) is 25.9 Å². The van der Waals surface area contributed by atoms with Crippen molar-refractivity contribution >= 4 is 5.69 Å². The number of nitrogens with zero attached hydrogens (tertiary/aromatic N) is 2. The number of nitriles is 1. The van der Waals surface area contributed by atoms with Gasteiger partial charge in [-0.05, 0) is 35.7 Å². The van der Waals surface area contributed by atoms with E-state index in [4.69, 9.17) is 14.7 Å². The monoisotopic (exact) mass is 365 g/mol. The second kappa shape index (κ2) is 10.6. The van der Waals surface area contributed by atoms with E-state index < -0.39 is 0 Å². The highest BCUT2D eigenvalue weighted by atomic mass is 16.5. The van der Waals surface area contributed by atoms with Gasteiger partial charge >= 0.3 is 0 Å². The minimum Gasteiger partial charge on any atom is -0.494 e. The third-order valence-corrected chi connectivity index (χ3v) is 4.59. The summed E-state index contributed by atoms with van der Waals surface area (Å²) in [5.41, 5.74) is 3.79. The predicted octanol–water partition coefficient (Wildman–Crippen LogP) is 3.50. The van der Waals surface area contributed by atoms with Gasteiger partial charge in [0, 0.05) is 38.3 Å². The molecule has 142 valence electrons. The van der Waals surface area contributed by atoms with E-state index in [0.717, 1.165) is 51.6 Å². The van der Waals surface area contributed by atoms with E-state index >= 15 is 0 Å². The summed E-state index contributed by atoms with van der Waals surface area (Å²) in [4.78, 5) is 2.40. The van der Waals surface area contributed by atoms with Crippen LogP contribution in [0.5, 0.6) is 5.75 Å². The van der Waals surface area contributed by atoms with Crippen molar-refractivity contribution in [2.24, 2.45) is 0 Å². The van der Waals surface area contributed by atoms with E-state index in [1.807, 2.05) is 12.1 Å². The summed E-state index contributed by atoms with van der Waals surface area (Å²) >= 11 is 0. The Hall–Kier alpha value is -2.55. The number of nitrogens with one attached hydrogen (secondary N) is 1. The Labute approximate surface area is 161 Å². The third kappa shape index (κ3) is 5.99. The molecule has 1 saturated heterocycles. The first-order valence-corrected chi connectivity index (χ1v) is 9.57. The second-order valence-corrected chi connectivity index (χ2v) is 6.59. The van der Waals surface area contributed by atoms with E-state index in [9.17, 15) is 0 Å². The van der Waals surface area contributed by atoms with Crippen LogP contribution in [0, 0.1) is 11.3 Å². The molecule has 0 aromatic heterocycles. The molecule has 1 aliphatic heterocycles. The maximum absolute atomic E-state index is 8.58. The quantitative estimate of drug-likeness (QED) is 0.689. The van der Waals surface area contributed by atoms with Gasteiger partial charge in [0.2, 0.25) is 0 Å². The predicted molar refractivity (Wildman–Crippen MR) is 107 cm³/mol. The lowest BCUT2D eigenvalue weighted by molar-refractivity contribution is 0.122. The Morgan fingerprint density at radius 3 is 2.78 bits per heavy atom. The van der Waals surface area contributed by atoms with Gasteiger partial charge in [-0.15, -0.1) is 0 Å². The Kier molecular flexibility index (Phi) is 7.52. The number of para-hydroxylation sites is 1. The van der Waals surface area contributed by atoms with Crippen LogP contribution in [0.2, 0.25) is 0 Å². The minimum absolute atomic E-state index is 0.532. The van der Waals surface area contributed by atoms with Gasteiger partial charge in [0.25, 0.3) is 0 Å². The number of anilines is 1. The third-order valence-electron chi connectivity index (χ3n) is 4.59. The highest BCUT2D eigenvalue weighted by Crippen LogP contribution is 2.21. The topological polar surface area (TPSA) is 57.5 Å². The molecular weight excluding hydrogens is 338 g/mol. The van der Waals surface area contributed by atoms with Gasteiger partial charge < -0.3 is 19.7 Å². The van der Waals surface area contributed by atoms with Gasteiger partial charge in [-0.2, -0.15) is 5.26 Å². The molecule has 1 heterocycles. The number of unbranched alkanes of at least 4 members (excludes halogenated alkanes) is 1. The van der Waals surface area contributed by atoms with Gasteiger partial charge in [-0.25, -0.2) is 0 Å². The smallest absolute Gasteiger partial charge is 0.119 e. The molecule has 0 bridgehead atoms. The number of hydrogen-bond acceptors (Lipinski definition) is 5. The molecule has 0 atom stereocenters. The van der Waals surface area contributed by atoms with Crippen molar-refractivity contribution in [3.05, 3.63) is 59.7 Å². The fourth-order valence-electron chi connectivity index (χ4n) is 3.20. The molecule has 5 nitrogen and oxygen atoms in total. The van der Waals surface area contributed by atoms with Crippen LogP contribution in [-0.2, 0) is 17.8 Å². The molecule has 27 heavy (non-hydrogen) atoms. The summed E-state index contributed by atoms with van der Waals surface area (Å²) in [6.45, 7) is 5.67. The average molecular weight is 365 g/mol. The van der Waals surface area contributed by atoms with Crippen molar-refractivity contribution in [2.45, 2.75) is 25.9 Å². The lowest BCUT2D eigenvalue weighted by Crippen LogP contribution is -2.37. The number of rotatable bonds is 9. The van der Waals surface area contributed by atoms with Gasteiger partial charge in [0.15, 0.2) is 0 Å². The SMILES string of the molecule is N#CCCCOc1cccc(CNCc2ccccc2N2CCOCC2)c1. The molecule has 0 amide bonds. The first kappa shape index (κ1) is 19.2. The van der Waals surface area contributed by atoms with E-state index in [0.29, 0.717) is 13.0 Å². The highest BCUT2D eigenvalue weighted by molar-refractivity contribution is 5.53. The molecule has 0 unspecified atom stereocenters. The van der Waals surface area contributed by atoms with Crippen molar-refractivity contribution in [3.8, 4) is 11.8 Å². The maximum atomic E-state index is 8.58. The van der Waals surface area contributed by atoms with Crippen LogP contribution < -0.4 is 15.0 Å². The maximum Gasteiger partial charge on any atom is 0.119 e. The van der Waals surface area contributed by atoms with Crippen molar-refractivity contribution in [3.63, 3.8) is 0 Å². The Morgan fingerprint density at radius 1 is 1.07 bits per heavy atom. The molecule has 2 aromatic rings. The van der Waals surface area contributed by atoms with E-state index in [1.165, 1.54) is 16.8 Å². The lowest BCUT2D eigenvalue weighted by Gasteiger charge is -2.30. The van der Waals surface area contributed by atoms with E-state index in [1.54, 1.807) is 0 Å². The first-order valence-electron chi connectivity index (χ1n) is 9.57. The van der Waals surface area contributed by atoms with Crippen LogP contribution in [0.25, 0.3) is 0 Å². The van der Waals surface area contributed by atoms with Crippen LogP contribution in [0.4, 0.5) is 5.69 Å². The second-order valence-electron chi connectivity index (χ2n) is 6.59. The van der Waals surface area contributed by atoms with Crippen LogP contribution in [-0.4, -0.2) is 32.9 Å². The number of morpholine rings is 1. The summed E-state index contributed by atoms with van der Waals surface area (Å²) < 4.78 is 11.2. The zero-order chi connectivity index (χ0) is 18.7. The minimum atomic E-state index is 0.532. The van der Waals surface area contributed by atoms with Crippen LogP contribution in [0.1, 0.15) is 24.0 Å². The highest BCUT2D eigenvalue weighted by Gasteiger charge is 2.14. The summed E-state index contributed by atoms with van der Waals surface area (Å²) in [5.74, 6) is 0.862. The molecule has 0 aliphatic carbocycles. The summed E-state index contributed by atoms with van der Waals surface area (Å²) in [6.07, 6.45) is 1.29. The molecule has 5 heteroatoms. The molecule has 0 saturated carbocycles. The molecule has 1 N–H and O–H groups in total. The average Bonchev–Trinajstić information content (AvgIpc) is 2.73. The van der Waals surface area contributed by atoms with Crippen molar-refractivity contribution in [1.82, 2.24) is 5.32 Å². The van der Waals surface area contributed by atoms with Crippen molar-refractivity contribution < 1.29 is 9.47 Å². The first-order chi connectivity index (χ1) is 13.4. The van der Waals surface area contributed by atoms with Crippen LogP contribution in [0.3, 0.4) is 0 Å². The van der Waals surface area contributed by atoms with Gasteiger partial charge in [-0.1, -0.05) is 30.3 Å². The van der Waals surface area contributed by atoms with E-state index in [-0.39, 0.29) is 0 Å². The van der Waals surface area contributed by atoms with Crippen molar-refractivity contribution in [2.75, 3.05) is 37.8 Å². The molecular formula is C22H27N3O2. The Morgan fingerprint density at radius 2 is 1.93 bits per heavy atom. The zero-order valence-electron chi connectivity index (χ0n) is 15.7. The zero-order valence-corrected chi connectivity index (χ0v) is 15.7. The van der Waals surface area contributed by atoms with Crippen LogP contribution in [0.15, 0.2) is 48.5 Å². The standard InChI is InChI=1S/C22H27N3O2/c23-10-3-4-13-27-21-8-5-6-19(16-21)17-24-18-20-7-1-2-9-22(20)25-11-14-26-15-12-25/h1-2,5-9,16,24H,3-4,11-15,17-18H2.